The van der Waals surface area contributed by atoms with E-state index < -0.39 is 5.66 Å². The third-order valence-corrected chi connectivity index (χ3v) is 6.53. The highest BCUT2D eigenvalue weighted by Crippen LogP contribution is 2.50. The predicted molar refractivity (Wildman–Crippen MR) is 120 cm³/mol. The van der Waals surface area contributed by atoms with Gasteiger partial charge in [-0.25, -0.2) is 0 Å². The molecule has 162 valence electrons. The van der Waals surface area contributed by atoms with Crippen LogP contribution < -0.4 is 0 Å². The first-order valence-corrected chi connectivity index (χ1v) is 10.8. The molecule has 0 saturated carbocycles. The Balaban J connectivity index is 1.50. The van der Waals surface area contributed by atoms with Gasteiger partial charge in [-0.3, -0.25) is 14.6 Å². The summed E-state index contributed by atoms with van der Waals surface area (Å²) < 4.78 is 5.48. The van der Waals surface area contributed by atoms with Gasteiger partial charge in [0.15, 0.2) is 17.1 Å². The van der Waals surface area contributed by atoms with Gasteiger partial charge in [0, 0.05) is 53.3 Å². The van der Waals surface area contributed by atoms with Crippen LogP contribution in [0.3, 0.4) is 0 Å². The van der Waals surface area contributed by atoms with E-state index in [1.807, 2.05) is 42.5 Å². The van der Waals surface area contributed by atoms with Crippen molar-refractivity contribution in [2.75, 3.05) is 13.1 Å². The van der Waals surface area contributed by atoms with E-state index in [2.05, 4.69) is 10.1 Å². The Labute approximate surface area is 194 Å². The number of hydrogen-bond acceptors (Lipinski definition) is 5. The molecule has 0 radical (unpaired) electrons. The van der Waals surface area contributed by atoms with Crippen molar-refractivity contribution in [2.45, 2.75) is 5.66 Å². The average molecular weight is 457 g/mol. The number of benzene rings is 2. The van der Waals surface area contributed by atoms with Crippen LogP contribution in [0.5, 0.6) is 0 Å². The Kier molecular flexibility index (Phi) is 4.35. The fourth-order valence-corrected chi connectivity index (χ4v) is 4.99. The number of pyridine rings is 1. The lowest BCUT2D eigenvalue weighted by Crippen LogP contribution is -2.51. The molecule has 7 nitrogen and oxygen atoms in total. The van der Waals surface area contributed by atoms with Gasteiger partial charge in [-0.1, -0.05) is 59.2 Å². The third-order valence-electron chi connectivity index (χ3n) is 6.28. The summed E-state index contributed by atoms with van der Waals surface area (Å²) in [5.74, 6) is 0.0331. The fraction of sp³-hybridized carbons (Fsp3) is 0.120. The molecular weight excluding hydrogens is 440 g/mol. The zero-order valence-corrected chi connectivity index (χ0v) is 18.1. The topological polar surface area (TPSA) is 79.5 Å². The monoisotopic (exact) mass is 456 g/mol. The minimum Gasteiger partial charge on any atom is -0.355 e. The van der Waals surface area contributed by atoms with Crippen LogP contribution >= 0.6 is 11.6 Å². The quantitative estimate of drug-likeness (QED) is 0.461. The van der Waals surface area contributed by atoms with E-state index >= 15 is 0 Å². The Hall–Kier alpha value is -3.97. The molecule has 2 aliphatic rings. The summed E-state index contributed by atoms with van der Waals surface area (Å²) in [7, 11) is 0. The second-order valence-electron chi connectivity index (χ2n) is 7.96. The van der Waals surface area contributed by atoms with Crippen molar-refractivity contribution < 1.29 is 14.1 Å². The van der Waals surface area contributed by atoms with Crippen LogP contribution in [-0.2, 0) is 5.66 Å². The molecule has 8 heteroatoms. The SMILES string of the molecule is O=C(c1cc(-c2ccccc2)on1)N1CCN2C(=O)c3ccncc3C12c1ccc(Cl)cc1. The summed E-state index contributed by atoms with van der Waals surface area (Å²) in [6.45, 7) is 0.723. The lowest BCUT2D eigenvalue weighted by molar-refractivity contribution is 0.0368. The smallest absolute Gasteiger partial charge is 0.278 e. The van der Waals surface area contributed by atoms with Gasteiger partial charge < -0.3 is 14.3 Å². The normalized spacial score (nSPS) is 19.0. The molecule has 4 heterocycles. The second-order valence-corrected chi connectivity index (χ2v) is 8.39. The minimum absolute atomic E-state index is 0.136. The average Bonchev–Trinajstić information content (AvgIpc) is 3.55. The van der Waals surface area contributed by atoms with Gasteiger partial charge in [-0.05, 0) is 18.2 Å². The maximum Gasteiger partial charge on any atom is 0.278 e. The molecule has 4 aromatic rings. The van der Waals surface area contributed by atoms with Crippen LogP contribution in [0.15, 0.2) is 83.6 Å². The van der Waals surface area contributed by atoms with E-state index in [0.29, 0.717) is 35.0 Å². The Morgan fingerprint density at radius 2 is 1.82 bits per heavy atom. The summed E-state index contributed by atoms with van der Waals surface area (Å²) in [6, 6.07) is 20.0. The van der Waals surface area contributed by atoms with Crippen LogP contribution in [0, 0.1) is 0 Å². The van der Waals surface area contributed by atoms with Crippen molar-refractivity contribution in [3.63, 3.8) is 0 Å². The first-order valence-electron chi connectivity index (χ1n) is 10.5. The Morgan fingerprint density at radius 1 is 1.03 bits per heavy atom. The van der Waals surface area contributed by atoms with Gasteiger partial charge in [-0.2, -0.15) is 0 Å². The standard InChI is InChI=1S/C25H17ClN4O3/c26-18-8-6-17(7-9-18)25-20-15-27-11-10-19(20)23(31)29(25)12-13-30(25)24(32)21-14-22(33-28-21)16-4-2-1-3-5-16/h1-11,14-15H,12-13H2. The van der Waals surface area contributed by atoms with Crippen LogP contribution in [0.2, 0.25) is 5.02 Å². The lowest BCUT2D eigenvalue weighted by atomic mass is 9.91. The largest absolute Gasteiger partial charge is 0.355 e. The number of hydrogen-bond donors (Lipinski definition) is 0. The van der Waals surface area contributed by atoms with Gasteiger partial charge in [0.2, 0.25) is 0 Å². The second kappa shape index (κ2) is 7.28. The van der Waals surface area contributed by atoms with Gasteiger partial charge in [0.1, 0.15) is 0 Å². The summed E-state index contributed by atoms with van der Waals surface area (Å²) >= 11 is 6.15. The summed E-state index contributed by atoms with van der Waals surface area (Å²) in [5, 5.41) is 4.63. The van der Waals surface area contributed by atoms with Crippen molar-refractivity contribution >= 4 is 23.4 Å². The van der Waals surface area contributed by atoms with Gasteiger partial charge in [0.05, 0.1) is 5.56 Å². The molecule has 1 saturated heterocycles. The van der Waals surface area contributed by atoms with Crippen LogP contribution in [0.25, 0.3) is 11.3 Å². The molecule has 1 fully saturated rings. The molecule has 1 atom stereocenters. The summed E-state index contributed by atoms with van der Waals surface area (Å²) in [5.41, 5.74) is 1.81. The first-order chi connectivity index (χ1) is 16.1. The van der Waals surface area contributed by atoms with Crippen LogP contribution in [-0.4, -0.2) is 44.8 Å². The zero-order valence-electron chi connectivity index (χ0n) is 17.3. The maximum atomic E-state index is 13.8. The predicted octanol–water partition coefficient (Wildman–Crippen LogP) is 4.20. The zero-order chi connectivity index (χ0) is 22.6. The molecule has 6 rings (SSSR count). The van der Waals surface area contributed by atoms with Crippen LogP contribution in [0.1, 0.15) is 32.0 Å². The number of nitrogens with zero attached hydrogens (tertiary/aromatic N) is 4. The number of rotatable bonds is 3. The molecular formula is C25H17ClN4O3. The number of halogens is 1. The van der Waals surface area contributed by atoms with Crippen molar-refractivity contribution in [1.29, 1.82) is 0 Å². The van der Waals surface area contributed by atoms with E-state index in [1.165, 1.54) is 0 Å². The molecule has 2 aromatic carbocycles. The minimum atomic E-state index is -1.13. The first kappa shape index (κ1) is 19.7. The summed E-state index contributed by atoms with van der Waals surface area (Å²) in [6.07, 6.45) is 3.25. The van der Waals surface area contributed by atoms with Crippen molar-refractivity contribution in [1.82, 2.24) is 19.9 Å². The number of amides is 2. The number of fused-ring (bicyclic) bond motifs is 3. The Morgan fingerprint density at radius 3 is 2.61 bits per heavy atom. The van der Waals surface area contributed by atoms with E-state index in [9.17, 15) is 9.59 Å². The van der Waals surface area contributed by atoms with Gasteiger partial charge in [0.25, 0.3) is 11.8 Å². The van der Waals surface area contributed by atoms with Gasteiger partial charge >= 0.3 is 0 Å². The van der Waals surface area contributed by atoms with Crippen molar-refractivity contribution in [2.24, 2.45) is 0 Å². The van der Waals surface area contributed by atoms with Crippen LogP contribution in [0.4, 0.5) is 0 Å². The highest BCUT2D eigenvalue weighted by Gasteiger charge is 2.60. The molecule has 33 heavy (non-hydrogen) atoms. The molecule has 2 aromatic heterocycles. The van der Waals surface area contributed by atoms with Crippen molar-refractivity contribution in [3.8, 4) is 11.3 Å². The molecule has 2 aliphatic heterocycles. The van der Waals surface area contributed by atoms with E-state index in [1.54, 1.807) is 46.5 Å². The lowest BCUT2D eigenvalue weighted by Gasteiger charge is -2.39. The maximum absolute atomic E-state index is 13.8. The molecule has 0 bridgehead atoms. The number of aromatic nitrogens is 2. The van der Waals surface area contributed by atoms with Crippen molar-refractivity contribution in [3.05, 3.63) is 107 Å². The number of carbonyl (C=O) groups excluding carboxylic acids is 2. The highest BCUT2D eigenvalue weighted by molar-refractivity contribution is 6.30. The third kappa shape index (κ3) is 2.75. The fourth-order valence-electron chi connectivity index (χ4n) is 4.86. The Bertz CT molecular complexity index is 1390. The molecule has 0 N–H and O–H groups in total. The molecule has 1 unspecified atom stereocenters. The molecule has 0 aliphatic carbocycles. The molecule has 2 amide bonds. The highest BCUT2D eigenvalue weighted by atomic mass is 35.5. The van der Waals surface area contributed by atoms with E-state index in [4.69, 9.17) is 16.1 Å². The summed E-state index contributed by atoms with van der Waals surface area (Å²) in [4.78, 5) is 34.8. The molecule has 0 spiro atoms. The van der Waals surface area contributed by atoms with E-state index in [0.717, 1.165) is 11.1 Å². The van der Waals surface area contributed by atoms with Gasteiger partial charge in [-0.15, -0.1) is 0 Å². The van der Waals surface area contributed by atoms with E-state index in [-0.39, 0.29) is 17.5 Å². The number of carbonyl (C=O) groups is 2.